The van der Waals surface area contributed by atoms with Gasteiger partial charge in [0.1, 0.15) is 6.04 Å². The Morgan fingerprint density at radius 2 is 1.55 bits per heavy atom. The molecule has 0 radical (unpaired) electrons. The average Bonchev–Trinajstić information content (AvgIpc) is 3.87. The van der Waals surface area contributed by atoms with Crippen LogP contribution in [0.4, 0.5) is 0 Å². The molecule has 2 aromatic carbocycles. The minimum atomic E-state index is -0.905. The summed E-state index contributed by atoms with van der Waals surface area (Å²) in [7, 11) is 0. The maximum Gasteiger partial charge on any atom is 0.308 e. The smallest absolute Gasteiger partial charge is 0.308 e. The first-order valence-electron chi connectivity index (χ1n) is 16.5. The normalized spacial score (nSPS) is 17.5. The Morgan fingerprint density at radius 3 is 2.15 bits per heavy atom. The van der Waals surface area contributed by atoms with Crippen LogP contribution in [-0.4, -0.2) is 56.9 Å². The van der Waals surface area contributed by atoms with Crippen molar-refractivity contribution in [2.24, 2.45) is 5.92 Å². The van der Waals surface area contributed by atoms with Gasteiger partial charge in [-0.25, -0.2) is 9.97 Å². The van der Waals surface area contributed by atoms with E-state index in [9.17, 15) is 19.5 Å². The highest BCUT2D eigenvalue weighted by Gasteiger charge is 2.35. The number of rotatable bonds is 9. The monoisotopic (exact) mass is 650 g/mol. The van der Waals surface area contributed by atoms with E-state index in [1.54, 1.807) is 11.0 Å². The van der Waals surface area contributed by atoms with E-state index in [-0.39, 0.29) is 30.2 Å². The topological polar surface area (TPSA) is 112 Å². The Balaban J connectivity index is 1.15. The lowest BCUT2D eigenvalue weighted by molar-refractivity contribution is -0.141. The second-order valence-electron chi connectivity index (χ2n) is 13.8. The highest BCUT2D eigenvalue weighted by atomic mass is 32.1. The molecule has 2 aromatic heterocycles. The second kappa shape index (κ2) is 13.8. The fourth-order valence-corrected chi connectivity index (χ4v) is 7.50. The van der Waals surface area contributed by atoms with Crippen LogP contribution in [0.2, 0.25) is 0 Å². The van der Waals surface area contributed by atoms with Gasteiger partial charge in [0, 0.05) is 47.9 Å². The van der Waals surface area contributed by atoms with Crippen molar-refractivity contribution in [3.8, 4) is 22.5 Å². The molecule has 47 heavy (non-hydrogen) atoms. The Hall–Kier alpha value is -4.37. The van der Waals surface area contributed by atoms with Crippen molar-refractivity contribution in [3.63, 3.8) is 0 Å². The SMILES string of the molecule is CC(C)(C)c1ccc(C(=O)N[C@@H](Cc2ccc(-c3ncc(-c4ccc(C5CCCC5)cc4)cn3)cc2)C(=O)N2CC[C@H](C(=O)O)C2)s1. The first-order chi connectivity index (χ1) is 22.5. The Kier molecular flexibility index (Phi) is 9.55. The molecule has 0 unspecified atom stereocenters. The molecule has 6 rings (SSSR count). The number of thiophene rings is 1. The predicted octanol–water partition coefficient (Wildman–Crippen LogP) is 7.10. The molecule has 9 heteroatoms. The van der Waals surface area contributed by atoms with Crippen molar-refractivity contribution in [3.05, 3.63) is 93.9 Å². The number of hydrogen-bond acceptors (Lipinski definition) is 6. The number of aliphatic carboxylic acids is 1. The summed E-state index contributed by atoms with van der Waals surface area (Å²) < 4.78 is 0. The Morgan fingerprint density at radius 1 is 0.894 bits per heavy atom. The first-order valence-corrected chi connectivity index (χ1v) is 17.3. The predicted molar refractivity (Wildman–Crippen MR) is 184 cm³/mol. The van der Waals surface area contributed by atoms with Gasteiger partial charge >= 0.3 is 5.97 Å². The lowest BCUT2D eigenvalue weighted by atomic mass is 9.95. The molecule has 0 spiro atoms. The van der Waals surface area contributed by atoms with Crippen LogP contribution < -0.4 is 5.32 Å². The number of carbonyl (C=O) groups is 3. The molecular formula is C38H42N4O4S. The molecular weight excluding hydrogens is 609 g/mol. The minimum absolute atomic E-state index is 0.0915. The molecule has 1 aliphatic carbocycles. The van der Waals surface area contributed by atoms with Crippen LogP contribution in [0.25, 0.3) is 22.5 Å². The van der Waals surface area contributed by atoms with Gasteiger partial charge in [-0.1, -0.05) is 82.1 Å². The number of benzene rings is 2. The zero-order valence-electron chi connectivity index (χ0n) is 27.2. The molecule has 0 bridgehead atoms. The number of hydrogen-bond donors (Lipinski definition) is 2. The molecule has 2 atom stereocenters. The number of carboxylic acids is 1. The zero-order chi connectivity index (χ0) is 33.1. The molecule has 1 saturated carbocycles. The number of carboxylic acid groups (broad SMARTS) is 1. The van der Waals surface area contributed by atoms with Gasteiger partial charge in [0.25, 0.3) is 5.91 Å². The number of carbonyl (C=O) groups excluding carboxylic acids is 2. The lowest BCUT2D eigenvalue weighted by Gasteiger charge is -2.24. The van der Waals surface area contributed by atoms with Gasteiger partial charge in [-0.05, 0) is 59.4 Å². The van der Waals surface area contributed by atoms with Crippen molar-refractivity contribution in [2.45, 2.75) is 76.7 Å². The van der Waals surface area contributed by atoms with Gasteiger partial charge in [0.05, 0.1) is 10.8 Å². The summed E-state index contributed by atoms with van der Waals surface area (Å²) in [5.74, 6) is -0.790. The van der Waals surface area contributed by atoms with E-state index in [0.29, 0.717) is 29.6 Å². The van der Waals surface area contributed by atoms with Crippen molar-refractivity contribution < 1.29 is 19.5 Å². The van der Waals surface area contributed by atoms with E-state index in [1.165, 1.54) is 42.6 Å². The molecule has 244 valence electrons. The molecule has 3 heterocycles. The number of likely N-dealkylation sites (tertiary alicyclic amines) is 1. The van der Waals surface area contributed by atoms with Gasteiger partial charge < -0.3 is 15.3 Å². The highest BCUT2D eigenvalue weighted by Crippen LogP contribution is 2.35. The third-order valence-electron chi connectivity index (χ3n) is 9.40. The van der Waals surface area contributed by atoms with Crippen LogP contribution >= 0.6 is 11.3 Å². The van der Waals surface area contributed by atoms with Gasteiger partial charge in [0.15, 0.2) is 5.82 Å². The third-order valence-corrected chi connectivity index (χ3v) is 10.9. The van der Waals surface area contributed by atoms with Crippen LogP contribution in [0.3, 0.4) is 0 Å². The summed E-state index contributed by atoms with van der Waals surface area (Å²) >= 11 is 1.42. The maximum absolute atomic E-state index is 13.7. The van der Waals surface area contributed by atoms with Gasteiger partial charge in [-0.2, -0.15) is 0 Å². The molecule has 2 amide bonds. The largest absolute Gasteiger partial charge is 0.481 e. The number of nitrogens with zero attached hydrogens (tertiary/aromatic N) is 3. The summed E-state index contributed by atoms with van der Waals surface area (Å²) in [6.07, 6.45) is 9.57. The fraction of sp³-hybridized carbons (Fsp3) is 0.395. The third kappa shape index (κ3) is 7.62. The summed E-state index contributed by atoms with van der Waals surface area (Å²) in [4.78, 5) is 51.0. The van der Waals surface area contributed by atoms with Gasteiger partial charge in [0.2, 0.25) is 5.91 Å². The van der Waals surface area contributed by atoms with E-state index >= 15 is 0 Å². The van der Waals surface area contributed by atoms with E-state index in [0.717, 1.165) is 27.1 Å². The maximum atomic E-state index is 13.7. The zero-order valence-corrected chi connectivity index (χ0v) is 28.1. The standard InChI is InChI=1S/C38H42N4O4S/c1-38(2,3)33-17-16-32(47-33)35(43)41-31(36(44)42-19-18-29(23-42)37(45)46)20-24-8-10-28(11-9-24)34-39-21-30(22-40-34)27-14-12-26(13-15-27)25-6-4-5-7-25/h8-17,21-22,25,29,31H,4-7,18-20,23H2,1-3H3,(H,41,43)(H,45,46)/t29-,31-/m0/s1. The van der Waals surface area contributed by atoms with Crippen LogP contribution in [-0.2, 0) is 21.4 Å². The average molecular weight is 651 g/mol. The second-order valence-corrected chi connectivity index (χ2v) is 14.9. The number of amides is 2. The Labute approximate surface area is 280 Å². The Bertz CT molecular complexity index is 1720. The van der Waals surface area contributed by atoms with Crippen LogP contribution in [0.15, 0.2) is 73.1 Å². The molecule has 2 N–H and O–H groups in total. The molecule has 2 aliphatic rings. The van der Waals surface area contributed by atoms with Gasteiger partial charge in [-0.3, -0.25) is 14.4 Å². The van der Waals surface area contributed by atoms with E-state index in [1.807, 2.05) is 42.7 Å². The highest BCUT2D eigenvalue weighted by molar-refractivity contribution is 7.14. The summed E-state index contributed by atoms with van der Waals surface area (Å²) in [5.41, 5.74) is 5.09. The number of nitrogens with one attached hydrogen (secondary N) is 1. The van der Waals surface area contributed by atoms with E-state index in [2.05, 4.69) is 60.3 Å². The quantitative estimate of drug-likeness (QED) is 0.200. The fourth-order valence-electron chi connectivity index (χ4n) is 6.53. The van der Waals surface area contributed by atoms with Crippen LogP contribution in [0.5, 0.6) is 0 Å². The molecule has 1 aliphatic heterocycles. The van der Waals surface area contributed by atoms with E-state index in [4.69, 9.17) is 0 Å². The number of aromatic nitrogens is 2. The van der Waals surface area contributed by atoms with Crippen molar-refractivity contribution in [1.82, 2.24) is 20.2 Å². The van der Waals surface area contributed by atoms with Crippen molar-refractivity contribution in [2.75, 3.05) is 13.1 Å². The molecule has 1 saturated heterocycles. The summed E-state index contributed by atoms with van der Waals surface area (Å²) in [5, 5.41) is 12.4. The van der Waals surface area contributed by atoms with Crippen LogP contribution in [0, 0.1) is 5.92 Å². The molecule has 2 fully saturated rings. The van der Waals surface area contributed by atoms with E-state index < -0.39 is 17.9 Å². The van der Waals surface area contributed by atoms with Crippen molar-refractivity contribution >= 4 is 29.1 Å². The first kappa shape index (κ1) is 32.6. The summed E-state index contributed by atoms with van der Waals surface area (Å²) in [6.45, 7) is 6.78. The lowest BCUT2D eigenvalue weighted by Crippen LogP contribution is -2.49. The van der Waals surface area contributed by atoms with Crippen molar-refractivity contribution in [1.29, 1.82) is 0 Å². The van der Waals surface area contributed by atoms with Crippen LogP contribution in [0.1, 0.15) is 84.5 Å². The molecule has 8 nitrogen and oxygen atoms in total. The minimum Gasteiger partial charge on any atom is -0.481 e. The summed E-state index contributed by atoms with van der Waals surface area (Å²) in [6, 6.07) is 19.4. The molecule has 4 aromatic rings. The van der Waals surface area contributed by atoms with Gasteiger partial charge in [-0.15, -0.1) is 11.3 Å².